The molecule has 0 heterocycles. The minimum Gasteiger partial charge on any atom is -0.508 e. The summed E-state index contributed by atoms with van der Waals surface area (Å²) in [5, 5.41) is 8.59. The van der Waals surface area contributed by atoms with E-state index in [1.54, 1.807) is 19.1 Å². The van der Waals surface area contributed by atoms with Crippen LogP contribution < -0.4 is 0 Å². The molecule has 0 aliphatic carbocycles. The molecule has 5 heteroatoms. The number of phenols is 1. The zero-order valence-electron chi connectivity index (χ0n) is 13.1. The van der Waals surface area contributed by atoms with Crippen molar-refractivity contribution in [3.05, 3.63) is 65.7 Å². The standard InChI is InChI=1S/C12H15FO2.C6H5FO/c1-3-12(14)15-9(2)8-10-4-6-11(13)7-5-10;7-5-1-3-6(8)4-2-5/h4-7,9H,3,8H2,1-2H3;1-4,8H. The molecule has 0 saturated heterocycles. The number of hydrogen-bond acceptors (Lipinski definition) is 3. The molecular weight excluding hydrogens is 302 g/mol. The molecule has 1 N–H and O–H groups in total. The second-order valence-electron chi connectivity index (χ2n) is 4.96. The van der Waals surface area contributed by atoms with E-state index in [0.717, 1.165) is 5.56 Å². The summed E-state index contributed by atoms with van der Waals surface area (Å²) >= 11 is 0. The fourth-order valence-corrected chi connectivity index (χ4v) is 1.74. The zero-order valence-corrected chi connectivity index (χ0v) is 13.1. The highest BCUT2D eigenvalue weighted by Gasteiger charge is 2.08. The molecule has 0 spiro atoms. The SMILES string of the molecule is CCC(=O)OC(C)Cc1ccc(F)cc1.Oc1ccc(F)cc1. The molecule has 1 atom stereocenters. The number of esters is 1. The predicted octanol–water partition coefficient (Wildman–Crippen LogP) is 4.24. The van der Waals surface area contributed by atoms with E-state index < -0.39 is 0 Å². The van der Waals surface area contributed by atoms with E-state index in [9.17, 15) is 13.6 Å². The van der Waals surface area contributed by atoms with Crippen LogP contribution in [0.5, 0.6) is 5.75 Å². The normalized spacial score (nSPS) is 11.1. The molecule has 0 fully saturated rings. The summed E-state index contributed by atoms with van der Waals surface area (Å²) in [6.45, 7) is 3.59. The van der Waals surface area contributed by atoms with Crippen LogP contribution in [0.3, 0.4) is 0 Å². The molecule has 0 aromatic heterocycles. The van der Waals surface area contributed by atoms with E-state index in [1.165, 1.54) is 36.4 Å². The van der Waals surface area contributed by atoms with Crippen molar-refractivity contribution in [3.63, 3.8) is 0 Å². The molecule has 23 heavy (non-hydrogen) atoms. The quantitative estimate of drug-likeness (QED) is 0.856. The Bertz CT molecular complexity index is 574. The summed E-state index contributed by atoms with van der Waals surface area (Å²) in [5.41, 5.74) is 0.966. The molecule has 0 aliphatic rings. The first-order valence-corrected chi connectivity index (χ1v) is 7.29. The van der Waals surface area contributed by atoms with Crippen LogP contribution >= 0.6 is 0 Å². The maximum atomic E-state index is 12.6. The van der Waals surface area contributed by atoms with Crippen molar-refractivity contribution >= 4 is 5.97 Å². The Labute approximate surface area is 134 Å². The van der Waals surface area contributed by atoms with E-state index >= 15 is 0 Å². The summed E-state index contributed by atoms with van der Waals surface area (Å²) in [5.74, 6) is -0.698. The Balaban J connectivity index is 0.000000277. The zero-order chi connectivity index (χ0) is 17.2. The van der Waals surface area contributed by atoms with Crippen molar-refractivity contribution in [2.45, 2.75) is 32.8 Å². The lowest BCUT2D eigenvalue weighted by Crippen LogP contribution is -2.16. The molecule has 2 aromatic rings. The minimum absolute atomic E-state index is 0.0893. The van der Waals surface area contributed by atoms with Crippen molar-refractivity contribution in [2.24, 2.45) is 0 Å². The van der Waals surface area contributed by atoms with Gasteiger partial charge in [0, 0.05) is 12.8 Å². The average molecular weight is 322 g/mol. The Morgan fingerprint density at radius 1 is 1.04 bits per heavy atom. The highest BCUT2D eigenvalue weighted by Crippen LogP contribution is 2.08. The van der Waals surface area contributed by atoms with E-state index in [2.05, 4.69) is 0 Å². The van der Waals surface area contributed by atoms with Crippen LogP contribution in [-0.2, 0) is 16.0 Å². The highest BCUT2D eigenvalue weighted by molar-refractivity contribution is 5.69. The molecule has 0 radical (unpaired) electrons. The van der Waals surface area contributed by atoms with Crippen LogP contribution in [-0.4, -0.2) is 17.2 Å². The number of benzene rings is 2. The minimum atomic E-state index is -0.331. The van der Waals surface area contributed by atoms with Gasteiger partial charge in [0.05, 0.1) is 0 Å². The van der Waals surface area contributed by atoms with Crippen molar-refractivity contribution in [1.82, 2.24) is 0 Å². The molecule has 124 valence electrons. The number of aromatic hydroxyl groups is 1. The fraction of sp³-hybridized carbons (Fsp3) is 0.278. The third-order valence-corrected chi connectivity index (χ3v) is 2.88. The molecule has 2 aromatic carbocycles. The van der Waals surface area contributed by atoms with Gasteiger partial charge in [-0.3, -0.25) is 4.79 Å². The van der Waals surface area contributed by atoms with Gasteiger partial charge in [0.1, 0.15) is 23.5 Å². The maximum Gasteiger partial charge on any atom is 0.305 e. The Morgan fingerprint density at radius 3 is 1.96 bits per heavy atom. The third-order valence-electron chi connectivity index (χ3n) is 2.88. The molecule has 3 nitrogen and oxygen atoms in total. The molecule has 2 rings (SSSR count). The van der Waals surface area contributed by atoms with Crippen molar-refractivity contribution in [2.75, 3.05) is 0 Å². The van der Waals surface area contributed by atoms with Crippen molar-refractivity contribution in [1.29, 1.82) is 0 Å². The smallest absolute Gasteiger partial charge is 0.305 e. The van der Waals surface area contributed by atoms with Crippen LogP contribution in [0.15, 0.2) is 48.5 Å². The van der Waals surface area contributed by atoms with Crippen LogP contribution in [0.2, 0.25) is 0 Å². The molecule has 0 aliphatic heterocycles. The number of ether oxygens (including phenoxy) is 1. The van der Waals surface area contributed by atoms with Gasteiger partial charge in [0.15, 0.2) is 0 Å². The Hall–Kier alpha value is -2.43. The fourth-order valence-electron chi connectivity index (χ4n) is 1.74. The first-order chi connectivity index (χ1) is 10.9. The second kappa shape index (κ2) is 9.56. The van der Waals surface area contributed by atoms with Crippen molar-refractivity contribution in [3.8, 4) is 5.75 Å². The summed E-state index contributed by atoms with van der Waals surface area (Å²) < 4.78 is 29.7. The summed E-state index contributed by atoms with van der Waals surface area (Å²) in [6.07, 6.45) is 0.836. The third kappa shape index (κ3) is 7.95. The predicted molar refractivity (Wildman–Crippen MR) is 84.0 cm³/mol. The van der Waals surface area contributed by atoms with Gasteiger partial charge in [0.2, 0.25) is 0 Å². The Morgan fingerprint density at radius 2 is 1.52 bits per heavy atom. The van der Waals surface area contributed by atoms with E-state index in [4.69, 9.17) is 9.84 Å². The molecule has 1 unspecified atom stereocenters. The first-order valence-electron chi connectivity index (χ1n) is 7.29. The number of carbonyl (C=O) groups excluding carboxylic acids is 1. The Kier molecular flexibility index (Phi) is 7.74. The maximum absolute atomic E-state index is 12.6. The lowest BCUT2D eigenvalue weighted by Gasteiger charge is -2.12. The monoisotopic (exact) mass is 322 g/mol. The van der Waals surface area contributed by atoms with E-state index in [-0.39, 0.29) is 29.5 Å². The van der Waals surface area contributed by atoms with Gasteiger partial charge in [0.25, 0.3) is 0 Å². The van der Waals surface area contributed by atoms with Gasteiger partial charge in [-0.05, 0) is 48.9 Å². The van der Waals surface area contributed by atoms with Gasteiger partial charge in [-0.2, -0.15) is 0 Å². The van der Waals surface area contributed by atoms with Gasteiger partial charge >= 0.3 is 5.97 Å². The lowest BCUT2D eigenvalue weighted by molar-refractivity contribution is -0.147. The number of halogens is 2. The molecule has 0 saturated carbocycles. The number of phenolic OH excluding ortho intramolecular Hbond substituents is 1. The van der Waals surface area contributed by atoms with Gasteiger partial charge in [-0.1, -0.05) is 19.1 Å². The molecular formula is C18H20F2O3. The van der Waals surface area contributed by atoms with Crippen LogP contribution in [0, 0.1) is 11.6 Å². The van der Waals surface area contributed by atoms with E-state index in [0.29, 0.717) is 12.8 Å². The summed E-state index contributed by atoms with van der Waals surface area (Å²) in [7, 11) is 0. The number of hydrogen-bond donors (Lipinski definition) is 1. The van der Waals surface area contributed by atoms with Gasteiger partial charge in [-0.15, -0.1) is 0 Å². The van der Waals surface area contributed by atoms with Gasteiger partial charge < -0.3 is 9.84 Å². The van der Waals surface area contributed by atoms with Crippen LogP contribution in [0.1, 0.15) is 25.8 Å². The lowest BCUT2D eigenvalue weighted by atomic mass is 10.1. The summed E-state index contributed by atoms with van der Waals surface area (Å²) in [6, 6.07) is 11.2. The topological polar surface area (TPSA) is 46.5 Å². The molecule has 0 bridgehead atoms. The number of carbonyl (C=O) groups is 1. The first kappa shape index (κ1) is 18.6. The largest absolute Gasteiger partial charge is 0.508 e. The van der Waals surface area contributed by atoms with Gasteiger partial charge in [-0.25, -0.2) is 8.78 Å². The van der Waals surface area contributed by atoms with Crippen molar-refractivity contribution < 1.29 is 23.4 Å². The van der Waals surface area contributed by atoms with Crippen LogP contribution in [0.4, 0.5) is 8.78 Å². The average Bonchev–Trinajstić information content (AvgIpc) is 2.53. The summed E-state index contributed by atoms with van der Waals surface area (Å²) in [4.78, 5) is 11.0. The number of rotatable bonds is 4. The second-order valence-corrected chi connectivity index (χ2v) is 4.96. The highest BCUT2D eigenvalue weighted by atomic mass is 19.1. The van der Waals surface area contributed by atoms with E-state index in [1.807, 2.05) is 6.92 Å². The molecule has 0 amide bonds. The van der Waals surface area contributed by atoms with Crippen LogP contribution in [0.25, 0.3) is 0 Å².